The molecule has 1 saturated heterocycles. The smallest absolute Gasteiger partial charge is 0.255 e. The van der Waals surface area contributed by atoms with Gasteiger partial charge >= 0.3 is 0 Å². The summed E-state index contributed by atoms with van der Waals surface area (Å²) in [6.45, 7) is 3.76. The number of fused-ring (bicyclic) bond motifs is 1. The van der Waals surface area contributed by atoms with E-state index in [-0.39, 0.29) is 24.1 Å². The van der Waals surface area contributed by atoms with E-state index in [2.05, 4.69) is 48.5 Å². The highest BCUT2D eigenvalue weighted by atomic mass is 16.3. The molecule has 2 fully saturated rings. The van der Waals surface area contributed by atoms with Crippen LogP contribution in [0.5, 0.6) is 0 Å². The molecule has 5 rings (SSSR count). The van der Waals surface area contributed by atoms with Crippen LogP contribution >= 0.6 is 0 Å². The molecule has 35 heavy (non-hydrogen) atoms. The third-order valence-electron chi connectivity index (χ3n) is 7.19. The Balaban J connectivity index is 1.33. The molecule has 3 aromatic rings. The summed E-state index contributed by atoms with van der Waals surface area (Å²) in [6.07, 6.45) is 12.0. The number of aromatic nitrogens is 4. The van der Waals surface area contributed by atoms with E-state index in [0.29, 0.717) is 5.56 Å². The molecule has 0 unspecified atom stereocenters. The van der Waals surface area contributed by atoms with Crippen molar-refractivity contribution >= 4 is 28.6 Å². The number of H-pyrrole nitrogens is 1. The Morgan fingerprint density at radius 2 is 1.83 bits per heavy atom. The zero-order valence-electron chi connectivity index (χ0n) is 20.3. The van der Waals surface area contributed by atoms with Crippen LogP contribution in [0.15, 0.2) is 30.7 Å². The van der Waals surface area contributed by atoms with Crippen LogP contribution in [0.1, 0.15) is 67.9 Å². The van der Waals surface area contributed by atoms with Gasteiger partial charge in [0.1, 0.15) is 5.65 Å². The molecule has 0 bridgehead atoms. The number of nitrogens with zero attached hydrogens (tertiary/aromatic N) is 4. The first-order valence-corrected chi connectivity index (χ1v) is 12.9. The topological polar surface area (TPSA) is 119 Å². The second-order valence-electron chi connectivity index (χ2n) is 9.79. The molecule has 1 aliphatic heterocycles. The Morgan fingerprint density at radius 3 is 2.54 bits per heavy atom. The lowest BCUT2D eigenvalue weighted by Gasteiger charge is -2.32. The lowest BCUT2D eigenvalue weighted by molar-refractivity contribution is 0.0931. The van der Waals surface area contributed by atoms with Gasteiger partial charge in [-0.3, -0.25) is 4.79 Å². The third-order valence-corrected chi connectivity index (χ3v) is 7.19. The number of pyridine rings is 1. The quantitative estimate of drug-likeness (QED) is 0.412. The number of piperidine rings is 1. The molecule has 0 atom stereocenters. The molecule has 1 aliphatic carbocycles. The number of carbonyl (C=O) groups excluding carboxylic acids is 1. The lowest BCUT2D eigenvalue weighted by atomic mass is 9.92. The van der Waals surface area contributed by atoms with Crippen molar-refractivity contribution in [1.29, 1.82) is 0 Å². The first-order valence-electron chi connectivity index (χ1n) is 12.9. The monoisotopic (exact) mass is 477 g/mol. The maximum atomic E-state index is 13.5. The minimum absolute atomic E-state index is 0.0922. The molecule has 1 saturated carbocycles. The van der Waals surface area contributed by atoms with Crippen molar-refractivity contribution in [2.24, 2.45) is 0 Å². The summed E-state index contributed by atoms with van der Waals surface area (Å²) in [7, 11) is 0. The molecule has 9 nitrogen and oxygen atoms in total. The maximum absolute atomic E-state index is 13.5. The number of hydrogen-bond donors (Lipinski definition) is 4. The minimum Gasteiger partial charge on any atom is -0.393 e. The highest BCUT2D eigenvalue weighted by Crippen LogP contribution is 2.31. The molecular formula is C26H35N7O2. The van der Waals surface area contributed by atoms with Crippen molar-refractivity contribution in [2.75, 3.05) is 23.3 Å². The van der Waals surface area contributed by atoms with Gasteiger partial charge in [0.25, 0.3) is 5.91 Å². The summed E-state index contributed by atoms with van der Waals surface area (Å²) >= 11 is 0. The number of nitrogens with one attached hydrogen (secondary N) is 3. The highest BCUT2D eigenvalue weighted by molar-refractivity contribution is 6.07. The average Bonchev–Trinajstić information content (AvgIpc) is 3.30. The van der Waals surface area contributed by atoms with Crippen LogP contribution in [-0.2, 0) is 6.42 Å². The number of aliphatic hydroxyl groups excluding tert-OH is 1. The predicted octanol–water partition coefficient (Wildman–Crippen LogP) is 3.42. The Hall–Kier alpha value is -3.20. The number of carbonyl (C=O) groups is 1. The van der Waals surface area contributed by atoms with Crippen molar-refractivity contribution < 1.29 is 9.90 Å². The average molecular weight is 478 g/mol. The summed E-state index contributed by atoms with van der Waals surface area (Å²) in [5.74, 6) is 0.650. The fourth-order valence-electron chi connectivity index (χ4n) is 5.23. The molecule has 1 amide bonds. The number of aliphatic hydroxyl groups is 1. The van der Waals surface area contributed by atoms with Gasteiger partial charge in [-0.05, 0) is 57.1 Å². The SMILES string of the molecule is CCCc1cc2c(NC3CCC(O)CC3)c(C(=O)NC3CCN(c4ncccn4)CC3)cnc2[nH]1. The molecule has 3 aromatic heterocycles. The van der Waals surface area contributed by atoms with Gasteiger partial charge in [0.2, 0.25) is 5.95 Å². The van der Waals surface area contributed by atoms with Crippen molar-refractivity contribution in [1.82, 2.24) is 25.3 Å². The van der Waals surface area contributed by atoms with Crippen molar-refractivity contribution in [3.63, 3.8) is 0 Å². The first kappa shape index (κ1) is 23.5. The largest absolute Gasteiger partial charge is 0.393 e. The van der Waals surface area contributed by atoms with E-state index in [4.69, 9.17) is 0 Å². The molecule has 0 radical (unpaired) electrons. The van der Waals surface area contributed by atoms with Crippen LogP contribution in [0.2, 0.25) is 0 Å². The standard InChI is InChI=1S/C26H35N7O2/c1-2-4-19-15-21-23(30-17-5-7-20(34)8-6-17)22(16-29-24(21)31-19)25(35)32-18-9-13-33(14-10-18)26-27-11-3-12-28-26/h3,11-12,15-18,20,34H,2,4-10,13-14H2,1H3,(H,32,35)(H2,29,30,31). The summed E-state index contributed by atoms with van der Waals surface area (Å²) in [6, 6.07) is 4.27. The summed E-state index contributed by atoms with van der Waals surface area (Å²) in [5, 5.41) is 17.8. The molecule has 186 valence electrons. The van der Waals surface area contributed by atoms with Gasteiger partial charge in [0.15, 0.2) is 0 Å². The predicted molar refractivity (Wildman–Crippen MR) is 137 cm³/mol. The third kappa shape index (κ3) is 5.40. The van der Waals surface area contributed by atoms with E-state index in [0.717, 1.165) is 92.8 Å². The molecule has 4 N–H and O–H groups in total. The highest BCUT2D eigenvalue weighted by Gasteiger charge is 2.26. The van der Waals surface area contributed by atoms with Gasteiger partial charge < -0.3 is 25.6 Å². The molecule has 0 spiro atoms. The molecular weight excluding hydrogens is 442 g/mol. The van der Waals surface area contributed by atoms with Gasteiger partial charge in [0, 0.05) is 54.8 Å². The fourth-order valence-corrected chi connectivity index (χ4v) is 5.23. The van der Waals surface area contributed by atoms with E-state index in [1.165, 1.54) is 0 Å². The molecule has 4 heterocycles. The molecule has 9 heteroatoms. The number of anilines is 2. The van der Waals surface area contributed by atoms with E-state index >= 15 is 0 Å². The zero-order valence-corrected chi connectivity index (χ0v) is 20.3. The Labute approximate surface area is 205 Å². The number of aromatic amines is 1. The van der Waals surface area contributed by atoms with Gasteiger partial charge in [-0.15, -0.1) is 0 Å². The van der Waals surface area contributed by atoms with Crippen LogP contribution < -0.4 is 15.5 Å². The van der Waals surface area contributed by atoms with Gasteiger partial charge in [-0.1, -0.05) is 13.3 Å². The maximum Gasteiger partial charge on any atom is 0.255 e. The van der Waals surface area contributed by atoms with E-state index in [1.807, 2.05) is 6.07 Å². The first-order chi connectivity index (χ1) is 17.1. The van der Waals surface area contributed by atoms with Crippen molar-refractivity contribution in [3.8, 4) is 0 Å². The number of amides is 1. The Kier molecular flexibility index (Phi) is 7.13. The number of rotatable bonds is 7. The number of aryl methyl sites for hydroxylation is 1. The Bertz CT molecular complexity index is 1130. The summed E-state index contributed by atoms with van der Waals surface area (Å²) < 4.78 is 0. The Morgan fingerprint density at radius 1 is 1.09 bits per heavy atom. The van der Waals surface area contributed by atoms with Gasteiger partial charge in [0.05, 0.1) is 17.4 Å². The molecule has 0 aromatic carbocycles. The van der Waals surface area contributed by atoms with Crippen LogP contribution in [0.4, 0.5) is 11.6 Å². The summed E-state index contributed by atoms with van der Waals surface area (Å²) in [5.41, 5.74) is 3.37. The normalized spacial score (nSPS) is 21.3. The fraction of sp³-hybridized carbons (Fsp3) is 0.538. The van der Waals surface area contributed by atoms with E-state index < -0.39 is 0 Å². The van der Waals surface area contributed by atoms with Gasteiger partial charge in [-0.2, -0.15) is 0 Å². The minimum atomic E-state index is -0.219. The van der Waals surface area contributed by atoms with E-state index in [1.54, 1.807) is 18.6 Å². The second-order valence-corrected chi connectivity index (χ2v) is 9.79. The van der Waals surface area contributed by atoms with E-state index in [9.17, 15) is 9.90 Å². The van der Waals surface area contributed by atoms with Gasteiger partial charge in [-0.25, -0.2) is 15.0 Å². The summed E-state index contributed by atoms with van der Waals surface area (Å²) in [4.78, 5) is 32.3. The van der Waals surface area contributed by atoms with Crippen molar-refractivity contribution in [3.05, 3.63) is 42.0 Å². The number of hydrogen-bond acceptors (Lipinski definition) is 7. The van der Waals surface area contributed by atoms with Crippen molar-refractivity contribution in [2.45, 2.75) is 76.5 Å². The van der Waals surface area contributed by atoms with Crippen LogP contribution in [0, 0.1) is 0 Å². The van der Waals surface area contributed by atoms with Crippen LogP contribution in [0.3, 0.4) is 0 Å². The second kappa shape index (κ2) is 10.6. The lowest BCUT2D eigenvalue weighted by Crippen LogP contribution is -2.45. The van der Waals surface area contributed by atoms with Crippen LogP contribution in [0.25, 0.3) is 11.0 Å². The molecule has 2 aliphatic rings. The zero-order chi connectivity index (χ0) is 24.2. The van der Waals surface area contributed by atoms with Crippen LogP contribution in [-0.4, -0.2) is 62.2 Å².